The lowest BCUT2D eigenvalue weighted by Crippen LogP contribution is -2.04. The molecule has 92 valence electrons. The highest BCUT2D eigenvalue weighted by atomic mass is 32.2. The van der Waals surface area contributed by atoms with Crippen LogP contribution in [0.25, 0.3) is 0 Å². The van der Waals surface area contributed by atoms with Crippen LogP contribution in [0.3, 0.4) is 0 Å². The highest BCUT2D eigenvalue weighted by molar-refractivity contribution is 7.98. The highest BCUT2D eigenvalue weighted by Crippen LogP contribution is 2.11. The summed E-state index contributed by atoms with van der Waals surface area (Å²) in [6, 6.07) is 1.86. The minimum Gasteiger partial charge on any atom is -0.368 e. The van der Waals surface area contributed by atoms with Gasteiger partial charge < -0.3 is 11.1 Å². The van der Waals surface area contributed by atoms with Crippen LogP contribution >= 0.6 is 11.8 Å². The number of hydrogen-bond donors (Lipinski definition) is 2. The number of nitrogen functional groups attached to an aromatic ring is 1. The Kier molecular flexibility index (Phi) is 5.56. The number of anilines is 2. The topological polar surface area (TPSA) is 63.8 Å². The Morgan fingerprint density at radius 1 is 1.53 bits per heavy atom. The van der Waals surface area contributed by atoms with E-state index in [1.807, 2.05) is 32.1 Å². The number of nitrogens with one attached hydrogen (secondary N) is 1. The zero-order valence-electron chi connectivity index (χ0n) is 10.4. The van der Waals surface area contributed by atoms with Gasteiger partial charge in [0.2, 0.25) is 5.95 Å². The minimum absolute atomic E-state index is 0.288. The van der Waals surface area contributed by atoms with Gasteiger partial charge in [0.15, 0.2) is 0 Å². The SMILES string of the molecule is C/C=C(\C=C/CSC)Nc1cc(C)nc(N)n1. The Hall–Kier alpha value is -1.49. The van der Waals surface area contributed by atoms with Crippen LogP contribution in [0.1, 0.15) is 12.6 Å². The molecule has 0 atom stereocenters. The van der Waals surface area contributed by atoms with Crippen molar-refractivity contribution in [2.24, 2.45) is 0 Å². The van der Waals surface area contributed by atoms with Crippen LogP contribution in [0, 0.1) is 6.92 Å². The molecule has 0 saturated heterocycles. The maximum absolute atomic E-state index is 5.60. The molecule has 1 rings (SSSR count). The molecule has 0 fully saturated rings. The Bertz CT molecular complexity index is 406. The first-order valence-electron chi connectivity index (χ1n) is 5.35. The van der Waals surface area contributed by atoms with Crippen molar-refractivity contribution in [1.82, 2.24) is 9.97 Å². The Labute approximate surface area is 106 Å². The van der Waals surface area contributed by atoms with E-state index in [0.29, 0.717) is 0 Å². The fraction of sp³-hybridized carbons (Fsp3) is 0.333. The molecule has 0 aliphatic rings. The van der Waals surface area contributed by atoms with Gasteiger partial charge in [-0.15, -0.1) is 0 Å². The summed E-state index contributed by atoms with van der Waals surface area (Å²) in [6.45, 7) is 3.87. The van der Waals surface area contributed by atoms with Crippen LogP contribution in [0.2, 0.25) is 0 Å². The number of aryl methyl sites for hydroxylation is 1. The number of thioether (sulfide) groups is 1. The van der Waals surface area contributed by atoms with Gasteiger partial charge in [-0.05, 0) is 26.2 Å². The summed E-state index contributed by atoms with van der Waals surface area (Å²) in [5.74, 6) is 2.00. The first-order valence-corrected chi connectivity index (χ1v) is 6.75. The molecule has 1 heterocycles. The molecule has 1 aromatic rings. The van der Waals surface area contributed by atoms with Gasteiger partial charge >= 0.3 is 0 Å². The molecule has 0 aliphatic carbocycles. The van der Waals surface area contributed by atoms with Gasteiger partial charge in [0.1, 0.15) is 5.82 Å². The Balaban J connectivity index is 2.74. The third-order valence-electron chi connectivity index (χ3n) is 2.02. The molecular formula is C12H18N4S. The molecule has 17 heavy (non-hydrogen) atoms. The van der Waals surface area contributed by atoms with E-state index in [-0.39, 0.29) is 5.95 Å². The lowest BCUT2D eigenvalue weighted by molar-refractivity contribution is 1.11. The minimum atomic E-state index is 0.288. The van der Waals surface area contributed by atoms with Crippen molar-refractivity contribution in [2.75, 3.05) is 23.1 Å². The van der Waals surface area contributed by atoms with E-state index in [9.17, 15) is 0 Å². The molecule has 0 aliphatic heterocycles. The molecule has 1 aromatic heterocycles. The van der Waals surface area contributed by atoms with Gasteiger partial charge in [-0.1, -0.05) is 12.2 Å². The van der Waals surface area contributed by atoms with Crippen LogP contribution in [0.4, 0.5) is 11.8 Å². The quantitative estimate of drug-likeness (QED) is 0.786. The second-order valence-corrected chi connectivity index (χ2v) is 4.39. The van der Waals surface area contributed by atoms with Gasteiger partial charge in [0.25, 0.3) is 0 Å². The first kappa shape index (κ1) is 13.6. The molecule has 3 N–H and O–H groups in total. The number of nitrogens with two attached hydrogens (primary N) is 1. The Morgan fingerprint density at radius 3 is 2.88 bits per heavy atom. The molecule has 4 nitrogen and oxygen atoms in total. The van der Waals surface area contributed by atoms with Crippen molar-refractivity contribution < 1.29 is 0 Å². The molecule has 0 spiro atoms. The van der Waals surface area contributed by atoms with Gasteiger partial charge in [0.05, 0.1) is 0 Å². The predicted octanol–water partition coefficient (Wildman–Crippen LogP) is 2.60. The second-order valence-electron chi connectivity index (χ2n) is 3.48. The fourth-order valence-electron chi connectivity index (χ4n) is 1.28. The normalized spacial score (nSPS) is 12.1. The largest absolute Gasteiger partial charge is 0.368 e. The van der Waals surface area contributed by atoms with Crippen molar-refractivity contribution in [3.05, 3.63) is 35.7 Å². The van der Waals surface area contributed by atoms with Gasteiger partial charge in [-0.2, -0.15) is 16.7 Å². The van der Waals surface area contributed by atoms with Crippen molar-refractivity contribution in [3.8, 4) is 0 Å². The summed E-state index contributed by atoms with van der Waals surface area (Å²) in [5.41, 5.74) is 7.44. The third kappa shape index (κ3) is 4.91. The van der Waals surface area contributed by atoms with E-state index in [0.717, 1.165) is 23.0 Å². The van der Waals surface area contributed by atoms with E-state index in [4.69, 9.17) is 5.73 Å². The average molecular weight is 250 g/mol. The van der Waals surface area contributed by atoms with E-state index < -0.39 is 0 Å². The molecule has 0 amide bonds. The van der Waals surface area contributed by atoms with E-state index in [2.05, 4.69) is 27.6 Å². The van der Waals surface area contributed by atoms with Crippen LogP contribution in [-0.2, 0) is 0 Å². The van der Waals surface area contributed by atoms with Crippen LogP contribution in [-0.4, -0.2) is 22.0 Å². The summed E-state index contributed by atoms with van der Waals surface area (Å²) in [4.78, 5) is 8.15. The van der Waals surface area contributed by atoms with Crippen molar-refractivity contribution in [3.63, 3.8) is 0 Å². The monoisotopic (exact) mass is 250 g/mol. The highest BCUT2D eigenvalue weighted by Gasteiger charge is 1.99. The smallest absolute Gasteiger partial charge is 0.222 e. The molecule has 0 aromatic carbocycles. The summed E-state index contributed by atoms with van der Waals surface area (Å²) in [5, 5.41) is 3.20. The third-order valence-corrected chi connectivity index (χ3v) is 2.54. The van der Waals surface area contributed by atoms with Crippen molar-refractivity contribution in [2.45, 2.75) is 13.8 Å². The molecule has 0 bridgehead atoms. The number of aromatic nitrogens is 2. The lowest BCUT2D eigenvalue weighted by atomic mass is 10.3. The van der Waals surface area contributed by atoms with Crippen LogP contribution in [0.5, 0.6) is 0 Å². The summed E-state index contributed by atoms with van der Waals surface area (Å²) < 4.78 is 0. The zero-order chi connectivity index (χ0) is 12.7. The zero-order valence-corrected chi connectivity index (χ0v) is 11.2. The standard InChI is InChI=1S/C12H18N4S/c1-4-10(6-5-7-17-3)15-11-8-9(2)14-12(13)16-11/h4-6,8H,7H2,1-3H3,(H3,13,14,15,16)/b6-5-,10-4+. The lowest BCUT2D eigenvalue weighted by Gasteiger charge is -2.07. The summed E-state index contributed by atoms with van der Waals surface area (Å²) >= 11 is 1.78. The van der Waals surface area contributed by atoms with E-state index in [1.165, 1.54) is 0 Å². The second kappa shape index (κ2) is 6.96. The van der Waals surface area contributed by atoms with Gasteiger partial charge in [-0.25, -0.2) is 4.98 Å². The van der Waals surface area contributed by atoms with Crippen molar-refractivity contribution >= 4 is 23.5 Å². The molecule has 0 radical (unpaired) electrons. The van der Waals surface area contributed by atoms with E-state index in [1.54, 1.807) is 11.8 Å². The summed E-state index contributed by atoms with van der Waals surface area (Å²) in [7, 11) is 0. The summed E-state index contributed by atoms with van der Waals surface area (Å²) in [6.07, 6.45) is 8.20. The predicted molar refractivity (Wildman–Crippen MR) is 76.1 cm³/mol. The van der Waals surface area contributed by atoms with Crippen molar-refractivity contribution in [1.29, 1.82) is 0 Å². The average Bonchev–Trinajstić information content (AvgIpc) is 2.26. The number of allylic oxidation sites excluding steroid dienone is 2. The van der Waals surface area contributed by atoms with E-state index >= 15 is 0 Å². The van der Waals surface area contributed by atoms with Crippen LogP contribution < -0.4 is 11.1 Å². The number of rotatable bonds is 5. The van der Waals surface area contributed by atoms with Gasteiger partial charge in [-0.3, -0.25) is 0 Å². The first-order chi connectivity index (χ1) is 8.15. The number of nitrogens with zero attached hydrogens (tertiary/aromatic N) is 2. The fourth-order valence-corrected chi connectivity index (χ4v) is 1.57. The maximum atomic E-state index is 5.60. The Morgan fingerprint density at radius 2 is 2.29 bits per heavy atom. The molecule has 0 saturated carbocycles. The van der Waals surface area contributed by atoms with Gasteiger partial charge in [0, 0.05) is 23.2 Å². The van der Waals surface area contributed by atoms with Crippen LogP contribution in [0.15, 0.2) is 30.0 Å². The maximum Gasteiger partial charge on any atom is 0.222 e. The molecule has 0 unspecified atom stereocenters. The number of hydrogen-bond acceptors (Lipinski definition) is 5. The molecular weight excluding hydrogens is 232 g/mol. The molecule has 5 heteroatoms.